The average molecular weight is 476 g/mol. The van der Waals surface area contributed by atoms with Crippen LogP contribution in [0, 0.1) is 5.92 Å². The van der Waals surface area contributed by atoms with E-state index in [9.17, 15) is 9.59 Å². The zero-order valence-electron chi connectivity index (χ0n) is 20.3. The monoisotopic (exact) mass is 475 g/mol. The van der Waals surface area contributed by atoms with Gasteiger partial charge in [-0.25, -0.2) is 0 Å². The number of nitrogens with zero attached hydrogens (tertiary/aromatic N) is 2. The van der Waals surface area contributed by atoms with Crippen LogP contribution in [-0.4, -0.2) is 73.1 Å². The molecule has 7 nitrogen and oxygen atoms in total. The van der Waals surface area contributed by atoms with E-state index in [1.54, 1.807) is 7.11 Å². The molecule has 2 fully saturated rings. The molecule has 5 rings (SSSR count). The number of hydrogen-bond acceptors (Lipinski definition) is 4. The number of likely N-dealkylation sites (tertiary alicyclic amines) is 1. The molecule has 7 heteroatoms. The van der Waals surface area contributed by atoms with Gasteiger partial charge >= 0.3 is 0 Å². The summed E-state index contributed by atoms with van der Waals surface area (Å²) in [5.41, 5.74) is 4.33. The number of amides is 2. The largest absolute Gasteiger partial charge is 0.497 e. The number of para-hydroxylation sites is 1. The number of hydrogen-bond donors (Lipinski definition) is 1. The van der Waals surface area contributed by atoms with Crippen LogP contribution >= 0.6 is 0 Å². The molecule has 0 bridgehead atoms. The number of H-pyrrole nitrogens is 1. The number of carbonyl (C=O) groups excluding carboxylic acids is 2. The highest BCUT2D eigenvalue weighted by molar-refractivity contribution is 5.91. The molecule has 1 atom stereocenters. The van der Waals surface area contributed by atoms with E-state index in [0.29, 0.717) is 45.7 Å². The van der Waals surface area contributed by atoms with Crippen LogP contribution in [0.25, 0.3) is 22.2 Å². The first-order valence-electron chi connectivity index (χ1n) is 12.5. The Bertz CT molecular complexity index is 1180. The maximum atomic E-state index is 13.3. The van der Waals surface area contributed by atoms with E-state index in [0.717, 1.165) is 52.9 Å². The Morgan fingerprint density at radius 1 is 1.03 bits per heavy atom. The number of aromatic amines is 1. The number of ether oxygens (including phenoxy) is 2. The number of aromatic nitrogens is 1. The predicted octanol–water partition coefficient (Wildman–Crippen LogP) is 3.87. The summed E-state index contributed by atoms with van der Waals surface area (Å²) in [6.45, 7) is 3.75. The van der Waals surface area contributed by atoms with Crippen molar-refractivity contribution in [2.45, 2.75) is 25.7 Å². The molecule has 35 heavy (non-hydrogen) atoms. The van der Waals surface area contributed by atoms with Crippen molar-refractivity contribution < 1.29 is 19.1 Å². The molecule has 3 aromatic rings. The molecule has 2 aliphatic rings. The zero-order valence-corrected chi connectivity index (χ0v) is 20.3. The molecule has 0 saturated carbocycles. The molecule has 3 heterocycles. The molecule has 184 valence electrons. The summed E-state index contributed by atoms with van der Waals surface area (Å²) < 4.78 is 10.7. The van der Waals surface area contributed by atoms with Gasteiger partial charge in [-0.3, -0.25) is 9.59 Å². The van der Waals surface area contributed by atoms with Crippen LogP contribution < -0.4 is 4.74 Å². The minimum atomic E-state index is -0.103. The molecule has 0 radical (unpaired) electrons. The Labute approximate surface area is 206 Å². The minimum absolute atomic E-state index is 0.103. The van der Waals surface area contributed by atoms with Gasteiger partial charge in [0, 0.05) is 49.2 Å². The van der Waals surface area contributed by atoms with Crippen LogP contribution in [0.2, 0.25) is 0 Å². The third-order valence-corrected chi connectivity index (χ3v) is 7.23. The molecular formula is C28H33N3O4. The van der Waals surface area contributed by atoms with E-state index in [2.05, 4.69) is 17.1 Å². The van der Waals surface area contributed by atoms with Crippen molar-refractivity contribution in [2.24, 2.45) is 5.92 Å². The van der Waals surface area contributed by atoms with Crippen LogP contribution in [0.4, 0.5) is 0 Å². The standard InChI is InChI=1S/C28H33N3O4/c1-34-22-10-8-20(9-11-22)27-24(23-6-2-3-7-25(23)29-27)12-13-26(32)31-14-4-5-21(19-31)28(33)30-15-17-35-18-16-30/h2-3,6-11,21,29H,4-5,12-19H2,1H3. The van der Waals surface area contributed by atoms with E-state index < -0.39 is 0 Å². The van der Waals surface area contributed by atoms with Crippen LogP contribution in [0.3, 0.4) is 0 Å². The van der Waals surface area contributed by atoms with Gasteiger partial charge in [0.15, 0.2) is 0 Å². The third kappa shape index (κ3) is 5.05. The maximum absolute atomic E-state index is 13.3. The van der Waals surface area contributed by atoms with E-state index in [1.165, 1.54) is 0 Å². The number of piperidine rings is 1. The van der Waals surface area contributed by atoms with E-state index >= 15 is 0 Å². The lowest BCUT2D eigenvalue weighted by Crippen LogP contribution is -2.49. The summed E-state index contributed by atoms with van der Waals surface area (Å²) in [5.74, 6) is 1.00. The molecule has 1 N–H and O–H groups in total. The molecular weight excluding hydrogens is 442 g/mol. The molecule has 2 saturated heterocycles. The topological polar surface area (TPSA) is 74.9 Å². The number of benzene rings is 2. The van der Waals surface area contributed by atoms with Crippen LogP contribution in [-0.2, 0) is 20.7 Å². The molecule has 0 spiro atoms. The van der Waals surface area contributed by atoms with Crippen LogP contribution in [0.1, 0.15) is 24.8 Å². The lowest BCUT2D eigenvalue weighted by Gasteiger charge is -2.36. The summed E-state index contributed by atoms with van der Waals surface area (Å²) in [6.07, 6.45) is 2.78. The van der Waals surface area contributed by atoms with Gasteiger partial charge in [0.25, 0.3) is 0 Å². The average Bonchev–Trinajstić information content (AvgIpc) is 3.30. The zero-order chi connectivity index (χ0) is 24.2. The fourth-order valence-corrected chi connectivity index (χ4v) is 5.30. The summed E-state index contributed by atoms with van der Waals surface area (Å²) >= 11 is 0. The van der Waals surface area contributed by atoms with Gasteiger partial charge in [-0.2, -0.15) is 0 Å². The second-order valence-electron chi connectivity index (χ2n) is 9.37. The second-order valence-corrected chi connectivity index (χ2v) is 9.37. The van der Waals surface area contributed by atoms with Gasteiger partial charge < -0.3 is 24.3 Å². The first kappa shape index (κ1) is 23.4. The molecule has 2 aliphatic heterocycles. The fraction of sp³-hybridized carbons (Fsp3) is 0.429. The van der Waals surface area contributed by atoms with Gasteiger partial charge in [0.2, 0.25) is 11.8 Å². The summed E-state index contributed by atoms with van der Waals surface area (Å²) in [4.78, 5) is 33.6. The van der Waals surface area contributed by atoms with E-state index in [1.807, 2.05) is 46.2 Å². The number of methoxy groups -OCH3 is 1. The lowest BCUT2D eigenvalue weighted by atomic mass is 9.95. The van der Waals surface area contributed by atoms with Gasteiger partial charge in [-0.15, -0.1) is 0 Å². The maximum Gasteiger partial charge on any atom is 0.227 e. The van der Waals surface area contributed by atoms with Crippen LogP contribution in [0.15, 0.2) is 48.5 Å². The predicted molar refractivity (Wildman–Crippen MR) is 135 cm³/mol. The number of fused-ring (bicyclic) bond motifs is 1. The van der Waals surface area contributed by atoms with Crippen molar-refractivity contribution in [3.8, 4) is 17.0 Å². The molecule has 1 unspecified atom stereocenters. The molecule has 1 aromatic heterocycles. The van der Waals surface area contributed by atoms with Crippen molar-refractivity contribution >= 4 is 22.7 Å². The van der Waals surface area contributed by atoms with Gasteiger partial charge in [-0.05, 0) is 60.7 Å². The third-order valence-electron chi connectivity index (χ3n) is 7.23. The van der Waals surface area contributed by atoms with Crippen LogP contribution in [0.5, 0.6) is 5.75 Å². The number of nitrogens with one attached hydrogen (secondary N) is 1. The first-order valence-corrected chi connectivity index (χ1v) is 12.5. The number of carbonyl (C=O) groups is 2. The van der Waals surface area contributed by atoms with Crippen molar-refractivity contribution in [2.75, 3.05) is 46.5 Å². The highest BCUT2D eigenvalue weighted by Gasteiger charge is 2.31. The number of morpholine rings is 1. The quantitative estimate of drug-likeness (QED) is 0.587. The highest BCUT2D eigenvalue weighted by atomic mass is 16.5. The normalized spacial score (nSPS) is 18.6. The van der Waals surface area contributed by atoms with Gasteiger partial charge in [0.1, 0.15) is 5.75 Å². The summed E-state index contributed by atoms with van der Waals surface area (Å²) in [5, 5.41) is 1.14. The Morgan fingerprint density at radius 2 is 1.80 bits per heavy atom. The van der Waals surface area contributed by atoms with E-state index in [-0.39, 0.29) is 17.7 Å². The SMILES string of the molecule is COc1ccc(-c2[nH]c3ccccc3c2CCC(=O)N2CCCC(C(=O)N3CCOCC3)C2)cc1. The number of rotatable bonds is 6. The summed E-state index contributed by atoms with van der Waals surface area (Å²) in [6, 6.07) is 16.2. The van der Waals surface area contributed by atoms with Crippen molar-refractivity contribution in [1.29, 1.82) is 0 Å². The van der Waals surface area contributed by atoms with Gasteiger partial charge in [0.05, 0.1) is 26.2 Å². The Morgan fingerprint density at radius 3 is 2.57 bits per heavy atom. The highest BCUT2D eigenvalue weighted by Crippen LogP contribution is 2.32. The Balaban J connectivity index is 1.29. The molecule has 0 aliphatic carbocycles. The second kappa shape index (κ2) is 10.5. The fourth-order valence-electron chi connectivity index (χ4n) is 5.30. The van der Waals surface area contributed by atoms with Crippen molar-refractivity contribution in [1.82, 2.24) is 14.8 Å². The lowest BCUT2D eigenvalue weighted by molar-refractivity contribution is -0.144. The molecule has 2 aromatic carbocycles. The number of aryl methyl sites for hydroxylation is 1. The Hall–Kier alpha value is -3.32. The van der Waals surface area contributed by atoms with E-state index in [4.69, 9.17) is 9.47 Å². The Kier molecular flexibility index (Phi) is 7.04. The van der Waals surface area contributed by atoms with Crippen molar-refractivity contribution in [3.63, 3.8) is 0 Å². The minimum Gasteiger partial charge on any atom is -0.497 e. The molecule has 2 amide bonds. The smallest absolute Gasteiger partial charge is 0.227 e. The summed E-state index contributed by atoms with van der Waals surface area (Å²) in [7, 11) is 1.66. The van der Waals surface area contributed by atoms with Crippen molar-refractivity contribution in [3.05, 3.63) is 54.1 Å². The first-order chi connectivity index (χ1) is 17.1. The van der Waals surface area contributed by atoms with Gasteiger partial charge in [-0.1, -0.05) is 18.2 Å².